The number of ether oxygens (including phenoxy) is 1. The Bertz CT molecular complexity index is 817. The van der Waals surface area contributed by atoms with Crippen LogP contribution in [-0.2, 0) is 4.74 Å². The Morgan fingerprint density at radius 3 is 2.67 bits per heavy atom. The molecule has 166 valence electrons. The van der Waals surface area contributed by atoms with E-state index in [0.717, 1.165) is 29.9 Å². The van der Waals surface area contributed by atoms with Gasteiger partial charge in [0.25, 0.3) is 5.91 Å². The van der Waals surface area contributed by atoms with Gasteiger partial charge in [0.15, 0.2) is 11.5 Å². The molecule has 3 heterocycles. The molecule has 0 bridgehead atoms. The van der Waals surface area contributed by atoms with Crippen molar-refractivity contribution >= 4 is 21.8 Å². The van der Waals surface area contributed by atoms with Gasteiger partial charge in [-0.15, -0.1) is 0 Å². The topological polar surface area (TPSA) is 70.8 Å². The first-order chi connectivity index (χ1) is 14.4. The highest BCUT2D eigenvalue weighted by Crippen LogP contribution is 2.36. The Kier molecular flexibility index (Phi) is 6.55. The number of nitrogens with zero attached hydrogens (tertiary/aromatic N) is 3. The molecule has 1 saturated carbocycles. The van der Waals surface area contributed by atoms with Gasteiger partial charge in [-0.05, 0) is 39.0 Å². The lowest BCUT2D eigenvalue weighted by Crippen LogP contribution is -2.43. The van der Waals surface area contributed by atoms with Gasteiger partial charge in [-0.2, -0.15) is 0 Å². The molecule has 0 aromatic carbocycles. The molecule has 30 heavy (non-hydrogen) atoms. The number of allylic oxidation sites excluding steroid dienone is 1. The molecule has 1 N–H and O–H groups in total. The average molecular weight is 481 g/mol. The van der Waals surface area contributed by atoms with Crippen LogP contribution in [0.2, 0.25) is 0 Å². The van der Waals surface area contributed by atoms with E-state index in [-0.39, 0.29) is 12.0 Å². The lowest BCUT2D eigenvalue weighted by Gasteiger charge is -2.36. The van der Waals surface area contributed by atoms with E-state index >= 15 is 0 Å². The highest BCUT2D eigenvalue weighted by atomic mass is 79.9. The van der Waals surface area contributed by atoms with Gasteiger partial charge in [0, 0.05) is 29.2 Å². The Morgan fingerprint density at radius 1 is 1.23 bits per heavy atom. The highest BCUT2D eigenvalue weighted by molar-refractivity contribution is 9.09. The Balaban J connectivity index is 1.43. The van der Waals surface area contributed by atoms with Gasteiger partial charge >= 0.3 is 0 Å². The second kappa shape index (κ2) is 9.01. The number of nitrogens with one attached hydrogen (secondary N) is 1. The van der Waals surface area contributed by atoms with Crippen LogP contribution in [0.5, 0.6) is 0 Å². The molecule has 1 aromatic heterocycles. The number of hydrogen-bond donors (Lipinski definition) is 1. The number of carbonyl (C=O) groups excluding carboxylic acids is 1. The van der Waals surface area contributed by atoms with Crippen molar-refractivity contribution in [3.8, 4) is 0 Å². The van der Waals surface area contributed by atoms with Crippen molar-refractivity contribution in [3.63, 3.8) is 0 Å². The first-order valence-corrected chi connectivity index (χ1v) is 12.0. The van der Waals surface area contributed by atoms with Crippen LogP contribution in [0.15, 0.2) is 15.9 Å². The van der Waals surface area contributed by atoms with Crippen LogP contribution in [0.25, 0.3) is 0 Å². The standard InChI is InChI=1S/C22H33BrN4O3/c1-13-12-29-19(10-17(13)23)21-14(2)20(25-30-21)22(28)24-18-11-27(26(4)15(18)3)16-8-6-5-7-9-16/h13,16-17,19H,5-12H2,1-4H3,(H,24,28). The molecular weight excluding hydrogens is 448 g/mol. The SMILES string of the molecule is CC1=C(NC(=O)c2noc(C3CC(Br)C(C)CO3)c2C)CN(C2CCCCC2)N1C. The Hall–Kier alpha value is -1.38. The molecule has 1 aromatic rings. The Labute approximate surface area is 187 Å². The van der Waals surface area contributed by atoms with Crippen molar-refractivity contribution in [2.24, 2.45) is 5.92 Å². The van der Waals surface area contributed by atoms with E-state index in [1.54, 1.807) is 0 Å². The number of halogens is 1. The number of hydrazine groups is 1. The predicted molar refractivity (Wildman–Crippen MR) is 118 cm³/mol. The molecule has 7 nitrogen and oxygen atoms in total. The van der Waals surface area contributed by atoms with Crippen LogP contribution in [-0.4, -0.2) is 52.1 Å². The number of aromatic nitrogens is 1. The lowest BCUT2D eigenvalue weighted by molar-refractivity contribution is -0.0222. The number of hydrogen-bond acceptors (Lipinski definition) is 6. The summed E-state index contributed by atoms with van der Waals surface area (Å²) in [6, 6.07) is 0.552. The summed E-state index contributed by atoms with van der Waals surface area (Å²) in [7, 11) is 2.08. The van der Waals surface area contributed by atoms with E-state index < -0.39 is 0 Å². The maximum absolute atomic E-state index is 13.0. The van der Waals surface area contributed by atoms with Gasteiger partial charge in [0.2, 0.25) is 0 Å². The third kappa shape index (κ3) is 4.18. The number of rotatable bonds is 4. The normalized spacial score (nSPS) is 29.0. The maximum Gasteiger partial charge on any atom is 0.277 e. The highest BCUT2D eigenvalue weighted by Gasteiger charge is 2.35. The largest absolute Gasteiger partial charge is 0.370 e. The van der Waals surface area contributed by atoms with E-state index in [1.165, 1.54) is 32.1 Å². The number of carbonyl (C=O) groups is 1. The lowest BCUT2D eigenvalue weighted by atomic mass is 9.95. The van der Waals surface area contributed by atoms with Gasteiger partial charge in [-0.25, -0.2) is 5.01 Å². The molecule has 3 atom stereocenters. The van der Waals surface area contributed by atoms with Crippen LogP contribution in [0.1, 0.15) is 80.3 Å². The molecular formula is C22H33BrN4O3. The van der Waals surface area contributed by atoms with Crippen molar-refractivity contribution < 1.29 is 14.1 Å². The van der Waals surface area contributed by atoms with Gasteiger partial charge in [0.05, 0.1) is 18.8 Å². The first-order valence-electron chi connectivity index (χ1n) is 11.1. The summed E-state index contributed by atoms with van der Waals surface area (Å²) < 4.78 is 11.5. The average Bonchev–Trinajstić information content (AvgIpc) is 3.26. The molecule has 1 saturated heterocycles. The summed E-state index contributed by atoms with van der Waals surface area (Å²) in [6.07, 6.45) is 6.99. The maximum atomic E-state index is 13.0. The summed E-state index contributed by atoms with van der Waals surface area (Å²) in [5, 5.41) is 11.8. The van der Waals surface area contributed by atoms with Crippen molar-refractivity contribution in [1.82, 2.24) is 20.5 Å². The van der Waals surface area contributed by atoms with E-state index in [4.69, 9.17) is 9.26 Å². The van der Waals surface area contributed by atoms with Gasteiger partial charge < -0.3 is 19.6 Å². The zero-order chi connectivity index (χ0) is 21.4. The minimum absolute atomic E-state index is 0.167. The number of amides is 1. The molecule has 0 radical (unpaired) electrons. The molecule has 1 amide bonds. The van der Waals surface area contributed by atoms with Crippen molar-refractivity contribution in [2.45, 2.75) is 76.3 Å². The van der Waals surface area contributed by atoms with Gasteiger partial charge in [-0.3, -0.25) is 4.79 Å². The summed E-state index contributed by atoms with van der Waals surface area (Å²) in [5.41, 5.74) is 3.14. The van der Waals surface area contributed by atoms with Crippen LogP contribution < -0.4 is 5.32 Å². The van der Waals surface area contributed by atoms with Crippen LogP contribution in [0.4, 0.5) is 0 Å². The Morgan fingerprint density at radius 2 is 1.97 bits per heavy atom. The third-order valence-corrected chi connectivity index (χ3v) is 8.25. The monoisotopic (exact) mass is 480 g/mol. The fourth-order valence-electron chi connectivity index (χ4n) is 4.77. The zero-order valence-electron chi connectivity index (χ0n) is 18.4. The summed E-state index contributed by atoms with van der Waals surface area (Å²) in [6.45, 7) is 7.51. The molecule has 4 rings (SSSR count). The molecule has 2 aliphatic heterocycles. The van der Waals surface area contributed by atoms with E-state index in [9.17, 15) is 4.79 Å². The van der Waals surface area contributed by atoms with E-state index in [1.807, 2.05) is 6.92 Å². The van der Waals surface area contributed by atoms with E-state index in [0.29, 0.717) is 34.8 Å². The molecule has 8 heteroatoms. The van der Waals surface area contributed by atoms with Crippen molar-refractivity contribution in [3.05, 3.63) is 28.4 Å². The van der Waals surface area contributed by atoms with Crippen molar-refractivity contribution in [2.75, 3.05) is 20.2 Å². The van der Waals surface area contributed by atoms with Crippen molar-refractivity contribution in [1.29, 1.82) is 0 Å². The second-order valence-corrected chi connectivity index (χ2v) is 10.2. The number of alkyl halides is 1. The summed E-state index contributed by atoms with van der Waals surface area (Å²) in [4.78, 5) is 13.4. The predicted octanol–water partition coefficient (Wildman–Crippen LogP) is 4.30. The smallest absolute Gasteiger partial charge is 0.277 e. The molecule has 0 spiro atoms. The fraction of sp³-hybridized carbons (Fsp3) is 0.727. The van der Waals surface area contributed by atoms with Crippen LogP contribution >= 0.6 is 15.9 Å². The van der Waals surface area contributed by atoms with Gasteiger partial charge in [0.1, 0.15) is 6.10 Å². The minimum Gasteiger partial charge on any atom is -0.370 e. The fourth-order valence-corrected chi connectivity index (χ4v) is 5.26. The second-order valence-electron chi connectivity index (χ2n) is 9.00. The minimum atomic E-state index is -0.213. The third-order valence-electron chi connectivity index (χ3n) is 6.97. The molecule has 3 aliphatic rings. The molecule has 2 fully saturated rings. The first kappa shape index (κ1) is 21.8. The molecule has 3 unspecified atom stereocenters. The summed E-state index contributed by atoms with van der Waals surface area (Å²) in [5.74, 6) is 0.901. The van der Waals surface area contributed by atoms with Crippen LogP contribution in [0.3, 0.4) is 0 Å². The van der Waals surface area contributed by atoms with Crippen LogP contribution in [0, 0.1) is 12.8 Å². The summed E-state index contributed by atoms with van der Waals surface area (Å²) >= 11 is 3.72. The van der Waals surface area contributed by atoms with Gasteiger partial charge in [-0.1, -0.05) is 47.3 Å². The zero-order valence-corrected chi connectivity index (χ0v) is 20.0. The van der Waals surface area contributed by atoms with E-state index in [2.05, 4.69) is 57.3 Å². The quantitative estimate of drug-likeness (QED) is 0.647. The molecule has 1 aliphatic carbocycles.